The van der Waals surface area contributed by atoms with Gasteiger partial charge in [-0.05, 0) is 38.0 Å². The molecule has 3 aromatic rings. The van der Waals surface area contributed by atoms with E-state index in [-0.39, 0.29) is 37.8 Å². The molecule has 0 aliphatic heterocycles. The fraction of sp³-hybridized carbons (Fsp3) is 0.440. The molecule has 11 heteroatoms. The minimum Gasteiger partial charge on any atom is -0.481 e. The van der Waals surface area contributed by atoms with Crippen molar-refractivity contribution in [2.24, 2.45) is 12.5 Å². The summed E-state index contributed by atoms with van der Waals surface area (Å²) < 4.78 is 33.8. The molecule has 0 bridgehead atoms. The lowest BCUT2D eigenvalue weighted by Crippen LogP contribution is -2.34. The van der Waals surface area contributed by atoms with Gasteiger partial charge in [0.2, 0.25) is 5.92 Å². The number of alkyl halides is 2. The molecule has 36 heavy (non-hydrogen) atoms. The molecule has 0 spiro atoms. The van der Waals surface area contributed by atoms with E-state index in [0.29, 0.717) is 28.5 Å². The molecule has 186 valence electrons. The van der Waals surface area contributed by atoms with Gasteiger partial charge >= 0.3 is 12.0 Å². The number of carboxylic acids is 1. The number of rotatable bonds is 7. The molecule has 3 aromatic heterocycles. The predicted molar refractivity (Wildman–Crippen MR) is 123 cm³/mol. The van der Waals surface area contributed by atoms with E-state index in [1.807, 2.05) is 13.0 Å². The first-order chi connectivity index (χ1) is 17.1. The Morgan fingerprint density at radius 2 is 2.03 bits per heavy atom. The molecular weight excluding hydrogens is 470 g/mol. The molecule has 0 amide bonds. The monoisotopic (exact) mass is 494 g/mol. The zero-order valence-electron chi connectivity index (χ0n) is 19.8. The van der Waals surface area contributed by atoms with Crippen molar-refractivity contribution in [2.75, 3.05) is 0 Å². The van der Waals surface area contributed by atoms with Crippen molar-refractivity contribution in [3.05, 3.63) is 47.0 Å². The summed E-state index contributed by atoms with van der Waals surface area (Å²) in [7, 11) is 1.73. The average molecular weight is 495 g/mol. The first kappa shape index (κ1) is 23.8. The highest BCUT2D eigenvalue weighted by atomic mass is 19.3. The van der Waals surface area contributed by atoms with E-state index in [1.54, 1.807) is 23.9 Å². The van der Waals surface area contributed by atoms with Crippen molar-refractivity contribution >= 4 is 5.97 Å². The number of pyridine rings is 1. The van der Waals surface area contributed by atoms with Gasteiger partial charge < -0.3 is 9.84 Å². The fourth-order valence-corrected chi connectivity index (χ4v) is 4.20. The Morgan fingerprint density at radius 3 is 2.69 bits per heavy atom. The summed E-state index contributed by atoms with van der Waals surface area (Å²) in [5.41, 5.74) is 3.29. The third kappa shape index (κ3) is 5.03. The van der Waals surface area contributed by atoms with Gasteiger partial charge in [0.25, 0.3) is 0 Å². The molecule has 0 aromatic carbocycles. The van der Waals surface area contributed by atoms with Gasteiger partial charge in [0.15, 0.2) is 0 Å². The second kappa shape index (κ2) is 8.93. The summed E-state index contributed by atoms with van der Waals surface area (Å²) in [4.78, 5) is 24.1. The molecule has 2 saturated carbocycles. The molecule has 1 N–H and O–H groups in total. The summed E-state index contributed by atoms with van der Waals surface area (Å²) in [6.07, 6.45) is 2.70. The lowest BCUT2D eigenvalue weighted by molar-refractivity contribution is -0.137. The number of nitrogens with zero attached hydrogens (tertiary/aromatic N) is 6. The first-order valence-corrected chi connectivity index (χ1v) is 11.6. The molecule has 0 unspecified atom stereocenters. The molecule has 2 fully saturated rings. The Balaban J connectivity index is 1.30. The Labute approximate surface area is 205 Å². The van der Waals surface area contributed by atoms with Gasteiger partial charge in [0.1, 0.15) is 18.0 Å². The van der Waals surface area contributed by atoms with Crippen LogP contribution < -0.4 is 4.74 Å². The number of aromatic nitrogens is 6. The maximum atomic E-state index is 13.2. The number of aliphatic carboxylic acids is 1. The quantitative estimate of drug-likeness (QED) is 0.495. The van der Waals surface area contributed by atoms with Crippen molar-refractivity contribution in [3.63, 3.8) is 0 Å². The Morgan fingerprint density at radius 1 is 1.25 bits per heavy atom. The second-order valence-corrected chi connectivity index (χ2v) is 9.45. The van der Waals surface area contributed by atoms with Crippen molar-refractivity contribution in [1.29, 1.82) is 0 Å². The molecule has 0 radical (unpaired) electrons. The molecule has 0 atom stereocenters. The molecule has 5 rings (SSSR count). The van der Waals surface area contributed by atoms with Crippen LogP contribution in [0, 0.1) is 24.2 Å². The van der Waals surface area contributed by atoms with E-state index in [9.17, 15) is 13.6 Å². The van der Waals surface area contributed by atoms with Gasteiger partial charge in [-0.1, -0.05) is 17.1 Å². The lowest BCUT2D eigenvalue weighted by atomic mass is 9.79. The molecule has 0 saturated heterocycles. The first-order valence-electron chi connectivity index (χ1n) is 11.6. The van der Waals surface area contributed by atoms with Crippen LogP contribution in [0.5, 0.6) is 6.01 Å². The average Bonchev–Trinajstić information content (AvgIpc) is 3.47. The summed E-state index contributed by atoms with van der Waals surface area (Å²) in [5.74, 6) is 2.44. The van der Waals surface area contributed by atoms with Gasteiger partial charge in [-0.2, -0.15) is 4.98 Å². The minimum atomic E-state index is -2.63. The van der Waals surface area contributed by atoms with Crippen LogP contribution in [0.1, 0.15) is 60.7 Å². The number of carbonyl (C=O) groups is 1. The normalized spacial score (nSPS) is 17.6. The standard InChI is InChI=1S/C25H24F2N6O3/c1-15-16(5-7-24(8-9-24)13-21(34)35)3-4-19(29-15)22-20(33(2)32-31-22)14-36-23-28-10-6-18(30-23)17-11-25(26,27)12-17/h3-4,6,10,17H,8-9,11-14H2,1-2H3,(H,34,35). The van der Waals surface area contributed by atoms with E-state index in [2.05, 4.69) is 37.1 Å². The summed E-state index contributed by atoms with van der Waals surface area (Å²) >= 11 is 0. The third-order valence-electron chi connectivity index (χ3n) is 6.58. The van der Waals surface area contributed by atoms with Gasteiger partial charge in [0.05, 0.1) is 23.5 Å². The topological polar surface area (TPSA) is 116 Å². The molecule has 9 nitrogen and oxygen atoms in total. The Hall–Kier alpha value is -3.94. The van der Waals surface area contributed by atoms with Crippen molar-refractivity contribution < 1.29 is 23.4 Å². The number of hydrogen-bond donors (Lipinski definition) is 1. The number of ether oxygens (including phenoxy) is 1. The minimum absolute atomic E-state index is 0.0489. The zero-order valence-corrected chi connectivity index (χ0v) is 19.8. The highest BCUT2D eigenvalue weighted by molar-refractivity contribution is 5.69. The van der Waals surface area contributed by atoms with Gasteiger partial charge in [0, 0.05) is 43.0 Å². The lowest BCUT2D eigenvalue weighted by Gasteiger charge is -2.34. The number of hydrogen-bond acceptors (Lipinski definition) is 7. The van der Waals surface area contributed by atoms with Gasteiger partial charge in [-0.25, -0.2) is 18.4 Å². The Kier molecular flexibility index (Phi) is 5.90. The van der Waals surface area contributed by atoms with Crippen molar-refractivity contribution in [3.8, 4) is 29.2 Å². The van der Waals surface area contributed by atoms with Crippen LogP contribution in [0.4, 0.5) is 8.78 Å². The van der Waals surface area contributed by atoms with E-state index in [1.165, 1.54) is 6.20 Å². The Bertz CT molecular complexity index is 1380. The highest BCUT2D eigenvalue weighted by Gasteiger charge is 2.46. The third-order valence-corrected chi connectivity index (χ3v) is 6.58. The van der Waals surface area contributed by atoms with Crippen molar-refractivity contribution in [2.45, 2.75) is 57.5 Å². The van der Waals surface area contributed by atoms with Crippen molar-refractivity contribution in [1.82, 2.24) is 29.9 Å². The van der Waals surface area contributed by atoms with E-state index < -0.39 is 17.3 Å². The molecular formula is C25H24F2N6O3. The van der Waals surface area contributed by atoms with Crippen LogP contribution in [-0.2, 0) is 18.4 Å². The highest BCUT2D eigenvalue weighted by Crippen LogP contribution is 2.48. The number of carboxylic acid groups (broad SMARTS) is 1. The van der Waals surface area contributed by atoms with Crippen LogP contribution >= 0.6 is 0 Å². The summed E-state index contributed by atoms with van der Waals surface area (Å²) in [5, 5.41) is 17.4. The fourth-order valence-electron chi connectivity index (χ4n) is 4.20. The largest absolute Gasteiger partial charge is 0.481 e. The van der Waals surface area contributed by atoms with Crippen LogP contribution in [-0.4, -0.2) is 46.9 Å². The number of aryl methyl sites for hydroxylation is 2. The van der Waals surface area contributed by atoms with E-state index >= 15 is 0 Å². The van der Waals surface area contributed by atoms with E-state index in [0.717, 1.165) is 18.4 Å². The maximum Gasteiger partial charge on any atom is 0.316 e. The van der Waals surface area contributed by atoms with Crippen LogP contribution in [0.25, 0.3) is 11.4 Å². The predicted octanol–water partition coefficient (Wildman–Crippen LogP) is 3.67. The zero-order chi connectivity index (χ0) is 25.5. The van der Waals surface area contributed by atoms with Crippen LogP contribution in [0.2, 0.25) is 0 Å². The van der Waals surface area contributed by atoms with Crippen LogP contribution in [0.15, 0.2) is 24.4 Å². The van der Waals surface area contributed by atoms with Crippen LogP contribution in [0.3, 0.4) is 0 Å². The SMILES string of the molecule is Cc1nc(-c2nnn(C)c2COc2nccc(C3CC(F)(F)C3)n2)ccc1C#CC1(CC(=O)O)CC1. The summed E-state index contributed by atoms with van der Waals surface area (Å²) in [6, 6.07) is 5.35. The van der Waals surface area contributed by atoms with Gasteiger partial charge in [-0.3, -0.25) is 9.78 Å². The molecule has 2 aliphatic carbocycles. The molecule has 2 aliphatic rings. The summed E-state index contributed by atoms with van der Waals surface area (Å²) in [6.45, 7) is 1.89. The van der Waals surface area contributed by atoms with Gasteiger partial charge in [-0.15, -0.1) is 5.10 Å². The maximum absolute atomic E-state index is 13.2. The smallest absolute Gasteiger partial charge is 0.316 e. The molecule has 3 heterocycles. The number of halogens is 2. The van der Waals surface area contributed by atoms with E-state index in [4.69, 9.17) is 9.84 Å². The second-order valence-electron chi connectivity index (χ2n) is 9.45.